The van der Waals surface area contributed by atoms with E-state index in [1.165, 1.54) is 0 Å². The molecule has 0 N–H and O–H groups in total. The Morgan fingerprint density at radius 2 is 1.39 bits per heavy atom. The molecule has 1 rings (SSSR count). The second-order valence-electron chi connectivity index (χ2n) is 4.22. The molecule has 0 spiro atoms. The molecule has 0 atom stereocenters. The first-order valence-electron chi connectivity index (χ1n) is 7.23. The van der Waals surface area contributed by atoms with Crippen molar-refractivity contribution in [3.8, 4) is 0 Å². The summed E-state index contributed by atoms with van der Waals surface area (Å²) in [6.07, 6.45) is 0.697. The van der Waals surface area contributed by atoms with E-state index < -0.39 is 29.7 Å². The lowest BCUT2D eigenvalue weighted by atomic mass is 10.4. The lowest BCUT2D eigenvalue weighted by molar-refractivity contribution is -0.197. The molecule has 130 valence electrons. The first-order chi connectivity index (χ1) is 10.8. The van der Waals surface area contributed by atoms with Gasteiger partial charge in [0.15, 0.2) is 6.61 Å². The molecular weight excluding hydrogens is 310 g/mol. The summed E-state index contributed by atoms with van der Waals surface area (Å²) in [4.78, 5) is 58.0. The first-order valence-corrected chi connectivity index (χ1v) is 7.23. The molecule has 0 bridgehead atoms. The summed E-state index contributed by atoms with van der Waals surface area (Å²) < 4.78 is 9.01. The average Bonchev–Trinajstić information content (AvgIpc) is 2.85. The summed E-state index contributed by atoms with van der Waals surface area (Å²) >= 11 is 0. The number of ether oxygens (including phenoxy) is 2. The molecule has 1 saturated heterocycles. The quantitative estimate of drug-likeness (QED) is 0.510. The third-order valence-corrected chi connectivity index (χ3v) is 2.43. The van der Waals surface area contributed by atoms with Gasteiger partial charge in [0.05, 0.1) is 6.61 Å². The van der Waals surface area contributed by atoms with Crippen LogP contribution >= 0.6 is 0 Å². The zero-order chi connectivity index (χ0) is 17.8. The Balaban J connectivity index is 0.000000423. The van der Waals surface area contributed by atoms with Crippen molar-refractivity contribution < 1.29 is 38.3 Å². The smallest absolute Gasteiger partial charge is 0.344 e. The van der Waals surface area contributed by atoms with E-state index in [1.54, 1.807) is 20.8 Å². The highest BCUT2D eigenvalue weighted by Gasteiger charge is 2.32. The SMILES string of the molecule is CCC(=O)ON1C(=O)CCC1=O.CCOC(=O)COC(=O)CC. The molecule has 0 unspecified atom stereocenters. The summed E-state index contributed by atoms with van der Waals surface area (Å²) in [6, 6.07) is 0. The normalized spacial score (nSPS) is 13.1. The fraction of sp³-hybridized carbons (Fsp3) is 0.643. The van der Waals surface area contributed by atoms with Crippen LogP contribution in [-0.2, 0) is 38.3 Å². The summed E-state index contributed by atoms with van der Waals surface area (Å²) in [6.45, 7) is 4.98. The molecule has 0 aromatic carbocycles. The Morgan fingerprint density at radius 1 is 0.870 bits per heavy atom. The van der Waals surface area contributed by atoms with Crippen molar-refractivity contribution in [1.29, 1.82) is 0 Å². The number of rotatable bonds is 6. The van der Waals surface area contributed by atoms with E-state index in [2.05, 4.69) is 14.3 Å². The number of imide groups is 1. The van der Waals surface area contributed by atoms with Crippen LogP contribution in [0.4, 0.5) is 0 Å². The maximum absolute atomic E-state index is 10.9. The zero-order valence-electron chi connectivity index (χ0n) is 13.5. The fourth-order valence-electron chi connectivity index (χ4n) is 1.27. The summed E-state index contributed by atoms with van der Waals surface area (Å²) in [5.41, 5.74) is 0. The van der Waals surface area contributed by atoms with Gasteiger partial charge in [0.1, 0.15) is 0 Å². The highest BCUT2D eigenvalue weighted by atomic mass is 16.7. The number of amides is 2. The molecule has 0 aromatic rings. The fourth-order valence-corrected chi connectivity index (χ4v) is 1.27. The van der Waals surface area contributed by atoms with Crippen molar-refractivity contribution in [2.45, 2.75) is 46.5 Å². The molecule has 2 amide bonds. The van der Waals surface area contributed by atoms with Gasteiger partial charge in [0.25, 0.3) is 11.8 Å². The van der Waals surface area contributed by atoms with Gasteiger partial charge >= 0.3 is 17.9 Å². The van der Waals surface area contributed by atoms with E-state index in [-0.39, 0.29) is 32.3 Å². The van der Waals surface area contributed by atoms with E-state index >= 15 is 0 Å². The van der Waals surface area contributed by atoms with Crippen LogP contribution in [0.3, 0.4) is 0 Å². The van der Waals surface area contributed by atoms with Crippen LogP contribution in [0.2, 0.25) is 0 Å². The Bertz CT molecular complexity index is 444. The highest BCUT2D eigenvalue weighted by molar-refractivity contribution is 6.01. The Labute approximate surface area is 133 Å². The standard InChI is InChI=1S/C7H9NO4.C7H12O4/c1-2-7(11)12-8-5(9)3-4-6(8)10;1-3-6(8)11-5-7(9)10-4-2/h2-4H2,1H3;3-5H2,1-2H3. The van der Waals surface area contributed by atoms with Crippen LogP contribution in [-0.4, -0.2) is 48.0 Å². The predicted molar refractivity (Wildman–Crippen MR) is 75.4 cm³/mol. The molecule has 0 aromatic heterocycles. The lowest BCUT2D eigenvalue weighted by Crippen LogP contribution is -2.31. The maximum Gasteiger partial charge on any atom is 0.344 e. The van der Waals surface area contributed by atoms with Crippen LogP contribution in [0, 0.1) is 0 Å². The van der Waals surface area contributed by atoms with Crippen molar-refractivity contribution in [1.82, 2.24) is 5.06 Å². The number of esters is 2. The molecule has 9 nitrogen and oxygen atoms in total. The van der Waals surface area contributed by atoms with Crippen molar-refractivity contribution >= 4 is 29.7 Å². The minimum Gasteiger partial charge on any atom is -0.463 e. The van der Waals surface area contributed by atoms with Crippen molar-refractivity contribution in [3.63, 3.8) is 0 Å². The summed E-state index contributed by atoms with van der Waals surface area (Å²) in [5.74, 6) is -2.35. The minimum atomic E-state index is -0.571. The van der Waals surface area contributed by atoms with Gasteiger partial charge in [-0.3, -0.25) is 14.4 Å². The van der Waals surface area contributed by atoms with Crippen molar-refractivity contribution in [3.05, 3.63) is 0 Å². The average molecular weight is 331 g/mol. The molecule has 23 heavy (non-hydrogen) atoms. The molecule has 0 saturated carbocycles. The number of carbonyl (C=O) groups is 5. The van der Waals surface area contributed by atoms with Gasteiger partial charge in [-0.15, -0.1) is 5.06 Å². The third-order valence-electron chi connectivity index (χ3n) is 2.43. The molecule has 1 aliphatic heterocycles. The van der Waals surface area contributed by atoms with Gasteiger partial charge < -0.3 is 14.3 Å². The zero-order valence-corrected chi connectivity index (χ0v) is 13.5. The second kappa shape index (κ2) is 11.2. The van der Waals surface area contributed by atoms with Gasteiger partial charge in [-0.2, -0.15) is 0 Å². The number of hydrogen-bond donors (Lipinski definition) is 0. The van der Waals surface area contributed by atoms with Crippen LogP contribution in [0.5, 0.6) is 0 Å². The van der Waals surface area contributed by atoms with Crippen molar-refractivity contribution in [2.24, 2.45) is 0 Å². The topological polar surface area (TPSA) is 116 Å². The predicted octanol–water partition coefficient (Wildman–Crippen LogP) is 0.506. The lowest BCUT2D eigenvalue weighted by Gasteiger charge is -2.10. The summed E-state index contributed by atoms with van der Waals surface area (Å²) in [7, 11) is 0. The Hall–Kier alpha value is -2.45. The number of hydroxylamine groups is 2. The van der Waals surface area contributed by atoms with E-state index in [4.69, 9.17) is 0 Å². The Morgan fingerprint density at radius 3 is 1.83 bits per heavy atom. The molecule has 1 fully saturated rings. The molecule has 1 heterocycles. The van der Waals surface area contributed by atoms with Gasteiger partial charge in [0.2, 0.25) is 0 Å². The van der Waals surface area contributed by atoms with E-state index in [0.29, 0.717) is 11.7 Å². The van der Waals surface area contributed by atoms with Crippen molar-refractivity contribution in [2.75, 3.05) is 13.2 Å². The third kappa shape index (κ3) is 8.54. The number of carbonyl (C=O) groups excluding carboxylic acids is 5. The van der Waals surface area contributed by atoms with Crippen LogP contribution < -0.4 is 0 Å². The minimum absolute atomic E-state index is 0.135. The van der Waals surface area contributed by atoms with Crippen LogP contribution in [0.15, 0.2) is 0 Å². The van der Waals surface area contributed by atoms with Crippen LogP contribution in [0.25, 0.3) is 0 Å². The molecule has 0 aliphatic carbocycles. The number of nitrogens with zero attached hydrogens (tertiary/aromatic N) is 1. The molecular formula is C14H21NO8. The first kappa shape index (κ1) is 20.6. The van der Waals surface area contributed by atoms with E-state index in [9.17, 15) is 24.0 Å². The molecule has 9 heteroatoms. The second-order valence-corrected chi connectivity index (χ2v) is 4.22. The molecule has 0 radical (unpaired) electrons. The van der Waals surface area contributed by atoms with E-state index in [1.807, 2.05) is 0 Å². The highest BCUT2D eigenvalue weighted by Crippen LogP contribution is 2.12. The number of hydrogen-bond acceptors (Lipinski definition) is 8. The Kier molecular flexibility index (Phi) is 9.97. The van der Waals surface area contributed by atoms with Gasteiger partial charge in [-0.25, -0.2) is 9.59 Å². The van der Waals surface area contributed by atoms with E-state index in [0.717, 1.165) is 0 Å². The summed E-state index contributed by atoms with van der Waals surface area (Å²) in [5, 5.41) is 0.547. The van der Waals surface area contributed by atoms with Gasteiger partial charge in [0, 0.05) is 25.7 Å². The maximum atomic E-state index is 10.9. The molecule has 1 aliphatic rings. The largest absolute Gasteiger partial charge is 0.463 e. The van der Waals surface area contributed by atoms with Gasteiger partial charge in [-0.05, 0) is 6.92 Å². The van der Waals surface area contributed by atoms with Crippen LogP contribution in [0.1, 0.15) is 46.5 Å². The van der Waals surface area contributed by atoms with Gasteiger partial charge in [-0.1, -0.05) is 13.8 Å². The monoisotopic (exact) mass is 331 g/mol.